The van der Waals surface area contributed by atoms with Gasteiger partial charge in [0.15, 0.2) is 5.78 Å². The van der Waals surface area contributed by atoms with E-state index >= 15 is 0 Å². The van der Waals surface area contributed by atoms with Crippen molar-refractivity contribution in [2.45, 2.75) is 44.0 Å². The number of hydrogen-bond acceptors (Lipinski definition) is 6. The maximum atomic E-state index is 12.6. The number of thioether (sulfide) groups is 1. The second-order valence-electron chi connectivity index (χ2n) is 7.29. The summed E-state index contributed by atoms with van der Waals surface area (Å²) in [5.74, 6) is -0.255. The zero-order valence-corrected chi connectivity index (χ0v) is 18.1. The van der Waals surface area contributed by atoms with Gasteiger partial charge in [0, 0.05) is 36.2 Å². The minimum Gasteiger partial charge on any atom is -0.374 e. The first kappa shape index (κ1) is 22.6. The maximum Gasteiger partial charge on any atom is 0.269 e. The smallest absolute Gasteiger partial charge is 0.269 e. The van der Waals surface area contributed by atoms with Crippen LogP contribution < -0.4 is 10.6 Å². The van der Waals surface area contributed by atoms with Crippen molar-refractivity contribution in [1.29, 1.82) is 0 Å². The molecule has 0 saturated carbocycles. The Bertz CT molecular complexity index is 961. The number of nitrogens with one attached hydrogen (secondary N) is 2. The first-order valence-corrected chi connectivity index (χ1v) is 11.1. The molecular weight excluding hydrogens is 414 g/mol. The fourth-order valence-corrected chi connectivity index (χ4v) is 4.42. The molecule has 0 aliphatic carbocycles. The first-order valence-electron chi connectivity index (χ1n) is 10.2. The van der Waals surface area contributed by atoms with Crippen LogP contribution in [0.2, 0.25) is 0 Å². The molecule has 0 fully saturated rings. The van der Waals surface area contributed by atoms with E-state index in [1.807, 2.05) is 6.07 Å². The van der Waals surface area contributed by atoms with Gasteiger partial charge >= 0.3 is 0 Å². The SMILES string of the molecule is CCC1=CSC([C@H](Cc2ccc([N+](=O)[O-])cc2)NC(=O)CCC(=O)c2ccccc2)N1. The van der Waals surface area contributed by atoms with Gasteiger partial charge in [-0.3, -0.25) is 19.7 Å². The van der Waals surface area contributed by atoms with Crippen molar-refractivity contribution in [3.63, 3.8) is 0 Å². The van der Waals surface area contributed by atoms with Crippen molar-refractivity contribution in [2.75, 3.05) is 0 Å². The lowest BCUT2D eigenvalue weighted by molar-refractivity contribution is -0.384. The lowest BCUT2D eigenvalue weighted by atomic mass is 10.0. The summed E-state index contributed by atoms with van der Waals surface area (Å²) >= 11 is 1.61. The molecule has 0 bridgehead atoms. The summed E-state index contributed by atoms with van der Waals surface area (Å²) < 4.78 is 0. The van der Waals surface area contributed by atoms with Crippen LogP contribution in [0.15, 0.2) is 65.7 Å². The third kappa shape index (κ3) is 6.42. The molecule has 0 radical (unpaired) electrons. The molecule has 8 heteroatoms. The molecule has 3 rings (SSSR count). The number of amides is 1. The Morgan fingerprint density at radius 3 is 2.45 bits per heavy atom. The Morgan fingerprint density at radius 1 is 1.13 bits per heavy atom. The molecule has 1 heterocycles. The molecular formula is C23H25N3O4S. The number of Topliss-reactive ketones (excluding diaryl/α,β-unsaturated/α-hetero) is 1. The van der Waals surface area contributed by atoms with E-state index < -0.39 is 4.92 Å². The molecule has 2 aromatic carbocycles. The highest BCUT2D eigenvalue weighted by molar-refractivity contribution is 8.03. The van der Waals surface area contributed by atoms with Gasteiger partial charge in [0.2, 0.25) is 5.91 Å². The van der Waals surface area contributed by atoms with E-state index in [9.17, 15) is 19.7 Å². The van der Waals surface area contributed by atoms with E-state index in [0.29, 0.717) is 12.0 Å². The molecule has 2 N–H and O–H groups in total. The molecule has 1 aliphatic heterocycles. The van der Waals surface area contributed by atoms with E-state index in [4.69, 9.17) is 0 Å². The molecule has 2 aromatic rings. The number of nitro groups is 1. The van der Waals surface area contributed by atoms with E-state index in [0.717, 1.165) is 17.7 Å². The number of non-ortho nitro benzene ring substituents is 1. The lowest BCUT2D eigenvalue weighted by Crippen LogP contribution is -2.47. The van der Waals surface area contributed by atoms with Crippen molar-refractivity contribution in [3.8, 4) is 0 Å². The highest BCUT2D eigenvalue weighted by Crippen LogP contribution is 2.27. The zero-order chi connectivity index (χ0) is 22.2. The summed E-state index contributed by atoms with van der Waals surface area (Å²) in [5.41, 5.74) is 2.63. The molecule has 1 amide bonds. The average Bonchev–Trinajstić information content (AvgIpc) is 3.27. The summed E-state index contributed by atoms with van der Waals surface area (Å²) in [5, 5.41) is 19.4. The van der Waals surface area contributed by atoms with E-state index in [1.165, 1.54) is 12.1 Å². The van der Waals surface area contributed by atoms with Crippen LogP contribution in [0.3, 0.4) is 0 Å². The molecule has 31 heavy (non-hydrogen) atoms. The van der Waals surface area contributed by atoms with Crippen LogP contribution in [0.4, 0.5) is 5.69 Å². The highest BCUT2D eigenvalue weighted by atomic mass is 32.2. The Kier molecular flexibility index (Phi) is 7.83. The second kappa shape index (κ2) is 10.8. The van der Waals surface area contributed by atoms with Gasteiger partial charge in [-0.1, -0.05) is 49.4 Å². The lowest BCUT2D eigenvalue weighted by Gasteiger charge is -2.26. The Hall–Kier alpha value is -3.13. The number of ketones is 1. The summed E-state index contributed by atoms with van der Waals surface area (Å²) in [6.45, 7) is 2.06. The summed E-state index contributed by atoms with van der Waals surface area (Å²) in [6, 6.07) is 15.1. The van der Waals surface area contributed by atoms with Crippen molar-refractivity contribution in [1.82, 2.24) is 10.6 Å². The summed E-state index contributed by atoms with van der Waals surface area (Å²) in [7, 11) is 0. The van der Waals surface area contributed by atoms with Gasteiger partial charge in [0.05, 0.1) is 16.3 Å². The Balaban J connectivity index is 1.62. The molecule has 1 unspecified atom stereocenters. The molecule has 2 atom stereocenters. The van der Waals surface area contributed by atoms with E-state index in [1.54, 1.807) is 48.2 Å². The van der Waals surface area contributed by atoms with Crippen LogP contribution in [0.5, 0.6) is 0 Å². The number of carbonyl (C=O) groups excluding carboxylic acids is 2. The maximum absolute atomic E-state index is 12.6. The normalized spacial score (nSPS) is 16.2. The summed E-state index contributed by atoms with van der Waals surface area (Å²) in [6.07, 6.45) is 1.64. The van der Waals surface area contributed by atoms with Gasteiger partial charge in [-0.2, -0.15) is 0 Å². The first-order chi connectivity index (χ1) is 15.0. The predicted molar refractivity (Wildman–Crippen MR) is 122 cm³/mol. The summed E-state index contributed by atoms with van der Waals surface area (Å²) in [4.78, 5) is 35.4. The number of benzene rings is 2. The molecule has 1 aliphatic rings. The van der Waals surface area contributed by atoms with Gasteiger partial charge in [-0.05, 0) is 23.8 Å². The van der Waals surface area contributed by atoms with E-state index in [-0.39, 0.29) is 41.6 Å². The van der Waals surface area contributed by atoms with Crippen molar-refractivity contribution in [2.24, 2.45) is 0 Å². The number of nitro benzene ring substituents is 1. The quantitative estimate of drug-likeness (QED) is 0.327. The van der Waals surface area contributed by atoms with Crippen LogP contribution in [0.25, 0.3) is 0 Å². The molecule has 0 spiro atoms. The average molecular weight is 440 g/mol. The van der Waals surface area contributed by atoms with Crippen molar-refractivity contribution >= 4 is 29.1 Å². The van der Waals surface area contributed by atoms with Crippen LogP contribution >= 0.6 is 11.8 Å². The minimum absolute atomic E-state index is 0.0343. The fourth-order valence-electron chi connectivity index (χ4n) is 3.30. The minimum atomic E-state index is -0.432. The van der Waals surface area contributed by atoms with E-state index in [2.05, 4.69) is 23.0 Å². The van der Waals surface area contributed by atoms with Crippen LogP contribution in [-0.2, 0) is 11.2 Å². The third-order valence-corrected chi connectivity index (χ3v) is 6.22. The molecule has 7 nitrogen and oxygen atoms in total. The molecule has 162 valence electrons. The van der Waals surface area contributed by atoms with Crippen molar-refractivity contribution < 1.29 is 14.5 Å². The number of carbonyl (C=O) groups is 2. The van der Waals surface area contributed by atoms with Crippen LogP contribution in [0, 0.1) is 10.1 Å². The Labute approximate surface area is 185 Å². The Morgan fingerprint density at radius 2 is 1.84 bits per heavy atom. The number of hydrogen-bond donors (Lipinski definition) is 2. The van der Waals surface area contributed by atoms with Gasteiger partial charge in [-0.25, -0.2) is 0 Å². The molecule has 0 aromatic heterocycles. The van der Waals surface area contributed by atoms with Gasteiger partial charge in [0.25, 0.3) is 5.69 Å². The predicted octanol–water partition coefficient (Wildman–Crippen LogP) is 4.20. The third-order valence-electron chi connectivity index (χ3n) is 5.05. The number of rotatable bonds is 10. The molecule has 0 saturated heterocycles. The largest absolute Gasteiger partial charge is 0.374 e. The highest BCUT2D eigenvalue weighted by Gasteiger charge is 2.27. The zero-order valence-electron chi connectivity index (χ0n) is 17.2. The monoisotopic (exact) mass is 439 g/mol. The fraction of sp³-hybridized carbons (Fsp3) is 0.304. The topological polar surface area (TPSA) is 101 Å². The van der Waals surface area contributed by atoms with Crippen molar-refractivity contribution in [3.05, 3.63) is 86.9 Å². The van der Waals surface area contributed by atoms with Crippen LogP contribution in [-0.4, -0.2) is 28.0 Å². The van der Waals surface area contributed by atoms with Gasteiger partial charge in [-0.15, -0.1) is 11.8 Å². The number of allylic oxidation sites excluding steroid dienone is 1. The van der Waals surface area contributed by atoms with Crippen LogP contribution in [0.1, 0.15) is 42.1 Å². The second-order valence-corrected chi connectivity index (χ2v) is 8.30. The van der Waals surface area contributed by atoms with Gasteiger partial charge in [0.1, 0.15) is 0 Å². The van der Waals surface area contributed by atoms with Gasteiger partial charge < -0.3 is 10.6 Å². The standard InChI is InChI=1S/C23H25N3O4S/c1-2-18-15-31-23(24-18)20(14-16-8-10-19(11-9-16)26(29)30)25-22(28)13-12-21(27)17-6-4-3-5-7-17/h3-11,15,20,23-24H,2,12-14H2,1H3,(H,25,28)/t20-,23?/m0/s1. The number of nitrogens with zero attached hydrogens (tertiary/aromatic N) is 1.